The van der Waals surface area contributed by atoms with Crippen molar-refractivity contribution in [3.05, 3.63) is 57.6 Å². The molecular weight excluding hydrogens is 540 g/mol. The Kier molecular flexibility index (Phi) is 10.5. The molecule has 2 aromatic carbocycles. The van der Waals surface area contributed by atoms with Gasteiger partial charge in [0.1, 0.15) is 11.5 Å². The third kappa shape index (κ3) is 9.21. The van der Waals surface area contributed by atoms with Gasteiger partial charge in [-0.1, -0.05) is 137 Å². The molecule has 0 radical (unpaired) electrons. The van der Waals surface area contributed by atoms with Crippen molar-refractivity contribution in [2.24, 2.45) is 20.8 Å². The Bertz CT molecular complexity index is 1260. The molecule has 0 amide bonds. The Morgan fingerprint density at radius 3 is 0.932 bits per heavy atom. The molecule has 2 aromatic rings. The van der Waals surface area contributed by atoms with E-state index in [1.165, 1.54) is 11.1 Å². The summed E-state index contributed by atoms with van der Waals surface area (Å²) in [6, 6.07) is 8.05. The van der Waals surface area contributed by atoms with Gasteiger partial charge in [-0.25, -0.2) is 0 Å². The standard InChI is InChI=1S/C40H64N2O2/c1-35(2,3)27-19-25(31(43)29(21-27)37(7,8)9)23-41-33(39(13,14)15)34(40(16,17)18)42-24-26-20-28(36(4,5)6)22-30(32(26)44)38(10,11)12/h19-24,33-34,43-44H,1-18H3/t33-,34-/m1/s1. The fourth-order valence-electron chi connectivity index (χ4n) is 5.40. The summed E-state index contributed by atoms with van der Waals surface area (Å²) in [5.74, 6) is 0.577. The van der Waals surface area contributed by atoms with Crippen LogP contribution in [0.15, 0.2) is 34.3 Å². The number of phenols is 2. The van der Waals surface area contributed by atoms with Crippen molar-refractivity contribution in [1.29, 1.82) is 0 Å². The van der Waals surface area contributed by atoms with Gasteiger partial charge in [-0.3, -0.25) is 9.98 Å². The van der Waals surface area contributed by atoms with Crippen LogP contribution < -0.4 is 0 Å². The molecule has 0 aromatic heterocycles. The van der Waals surface area contributed by atoms with Crippen LogP contribution in [-0.4, -0.2) is 34.7 Å². The molecule has 0 aliphatic heterocycles. The van der Waals surface area contributed by atoms with Crippen LogP contribution in [0, 0.1) is 10.8 Å². The first-order chi connectivity index (χ1) is 19.5. The van der Waals surface area contributed by atoms with Crippen molar-refractivity contribution in [3.8, 4) is 11.5 Å². The second-order valence-electron chi connectivity index (χ2n) is 19.1. The van der Waals surface area contributed by atoms with Gasteiger partial charge < -0.3 is 10.2 Å². The van der Waals surface area contributed by atoms with Gasteiger partial charge in [-0.05, 0) is 55.7 Å². The number of nitrogens with zero attached hydrogens (tertiary/aromatic N) is 2. The van der Waals surface area contributed by atoms with Crippen LogP contribution in [0.1, 0.15) is 158 Å². The van der Waals surface area contributed by atoms with Crippen molar-refractivity contribution < 1.29 is 10.2 Å². The molecule has 0 fully saturated rings. The summed E-state index contributed by atoms with van der Waals surface area (Å²) in [7, 11) is 0. The molecule has 246 valence electrons. The summed E-state index contributed by atoms with van der Waals surface area (Å²) in [4.78, 5) is 10.5. The van der Waals surface area contributed by atoms with Crippen LogP contribution in [-0.2, 0) is 21.7 Å². The third-order valence-corrected chi connectivity index (χ3v) is 8.45. The zero-order valence-corrected chi connectivity index (χ0v) is 31.4. The number of hydrogen-bond donors (Lipinski definition) is 2. The van der Waals surface area contributed by atoms with E-state index in [9.17, 15) is 10.2 Å². The van der Waals surface area contributed by atoms with Crippen LogP contribution in [0.2, 0.25) is 0 Å². The van der Waals surface area contributed by atoms with Gasteiger partial charge in [0, 0.05) is 34.7 Å². The van der Waals surface area contributed by atoms with Gasteiger partial charge in [0.15, 0.2) is 0 Å². The molecule has 4 nitrogen and oxygen atoms in total. The highest BCUT2D eigenvalue weighted by Crippen LogP contribution is 2.40. The normalized spacial score (nSPS) is 15.8. The molecule has 0 spiro atoms. The number of benzene rings is 2. The Balaban J connectivity index is 2.79. The molecule has 44 heavy (non-hydrogen) atoms. The number of aliphatic imine (C=N–C) groups is 2. The van der Waals surface area contributed by atoms with Crippen molar-refractivity contribution in [2.45, 2.75) is 158 Å². The second kappa shape index (κ2) is 12.3. The lowest BCUT2D eigenvalue weighted by Crippen LogP contribution is -2.43. The zero-order chi connectivity index (χ0) is 34.4. The summed E-state index contributed by atoms with van der Waals surface area (Å²) in [5.41, 5.74) is 4.63. The highest BCUT2D eigenvalue weighted by atomic mass is 16.3. The molecular formula is C40H64N2O2. The van der Waals surface area contributed by atoms with E-state index in [1.807, 2.05) is 12.4 Å². The van der Waals surface area contributed by atoms with Crippen molar-refractivity contribution in [2.75, 3.05) is 0 Å². The maximum absolute atomic E-state index is 11.4. The molecule has 0 saturated carbocycles. The smallest absolute Gasteiger partial charge is 0.128 e. The van der Waals surface area contributed by atoms with Gasteiger partial charge in [-0.15, -0.1) is 0 Å². The predicted molar refractivity (Wildman–Crippen MR) is 193 cm³/mol. The van der Waals surface area contributed by atoms with E-state index in [4.69, 9.17) is 9.98 Å². The molecule has 0 saturated heterocycles. The van der Waals surface area contributed by atoms with E-state index in [1.54, 1.807) is 0 Å². The van der Waals surface area contributed by atoms with Gasteiger partial charge in [0.05, 0.1) is 12.1 Å². The molecule has 2 rings (SSSR count). The molecule has 0 aliphatic rings. The van der Waals surface area contributed by atoms with E-state index in [0.717, 1.165) is 22.3 Å². The first-order valence-corrected chi connectivity index (χ1v) is 16.3. The van der Waals surface area contributed by atoms with Crippen LogP contribution in [0.5, 0.6) is 11.5 Å². The molecule has 0 unspecified atom stereocenters. The summed E-state index contributed by atoms with van der Waals surface area (Å²) in [5, 5.41) is 22.9. The maximum Gasteiger partial charge on any atom is 0.128 e. The number of hydrogen-bond acceptors (Lipinski definition) is 4. The molecule has 2 atom stereocenters. The molecule has 0 aliphatic carbocycles. The quantitative estimate of drug-likeness (QED) is 0.333. The van der Waals surface area contributed by atoms with E-state index in [0.29, 0.717) is 0 Å². The average molecular weight is 605 g/mol. The summed E-state index contributed by atoms with van der Waals surface area (Å²) in [6.45, 7) is 39.2. The fraction of sp³-hybridized carbons (Fsp3) is 0.650. The summed E-state index contributed by atoms with van der Waals surface area (Å²) < 4.78 is 0. The lowest BCUT2D eigenvalue weighted by atomic mass is 9.73. The summed E-state index contributed by atoms with van der Waals surface area (Å²) >= 11 is 0. The third-order valence-electron chi connectivity index (χ3n) is 8.45. The molecule has 0 heterocycles. The maximum atomic E-state index is 11.4. The Morgan fingerprint density at radius 1 is 0.455 bits per heavy atom. The minimum Gasteiger partial charge on any atom is -0.507 e. The average Bonchev–Trinajstić information content (AvgIpc) is 2.78. The Labute approximate surface area is 270 Å². The van der Waals surface area contributed by atoms with Crippen LogP contribution >= 0.6 is 0 Å². The summed E-state index contributed by atoms with van der Waals surface area (Å²) in [6.07, 6.45) is 3.72. The minimum absolute atomic E-state index is 0.0759. The van der Waals surface area contributed by atoms with E-state index < -0.39 is 0 Å². The van der Waals surface area contributed by atoms with Gasteiger partial charge >= 0.3 is 0 Å². The lowest BCUT2D eigenvalue weighted by Gasteiger charge is -2.39. The van der Waals surface area contributed by atoms with Crippen molar-refractivity contribution >= 4 is 12.4 Å². The first kappa shape index (κ1) is 37.6. The van der Waals surface area contributed by atoms with Gasteiger partial charge in [-0.2, -0.15) is 0 Å². The Hall–Kier alpha value is -2.62. The largest absolute Gasteiger partial charge is 0.507 e. The number of phenolic OH excluding ortho intramolecular Hbond substituents is 2. The molecule has 4 heteroatoms. The highest BCUT2D eigenvalue weighted by Gasteiger charge is 2.39. The topological polar surface area (TPSA) is 65.2 Å². The molecule has 2 N–H and O–H groups in total. The van der Waals surface area contributed by atoms with E-state index in [2.05, 4.69) is 149 Å². The monoisotopic (exact) mass is 604 g/mol. The van der Waals surface area contributed by atoms with E-state index in [-0.39, 0.29) is 56.1 Å². The fourth-order valence-corrected chi connectivity index (χ4v) is 5.40. The van der Waals surface area contributed by atoms with E-state index >= 15 is 0 Å². The first-order valence-electron chi connectivity index (χ1n) is 16.3. The van der Waals surface area contributed by atoms with Crippen LogP contribution in [0.3, 0.4) is 0 Å². The van der Waals surface area contributed by atoms with Gasteiger partial charge in [0.2, 0.25) is 0 Å². The molecule has 0 bridgehead atoms. The van der Waals surface area contributed by atoms with Crippen LogP contribution in [0.25, 0.3) is 0 Å². The zero-order valence-electron chi connectivity index (χ0n) is 31.4. The predicted octanol–water partition coefficient (Wildman–Crippen LogP) is 10.7. The lowest BCUT2D eigenvalue weighted by molar-refractivity contribution is 0.196. The number of rotatable bonds is 5. The minimum atomic E-state index is -0.220. The number of aromatic hydroxyl groups is 2. The highest BCUT2D eigenvalue weighted by molar-refractivity contribution is 5.86. The second-order valence-corrected chi connectivity index (χ2v) is 19.1. The van der Waals surface area contributed by atoms with Crippen molar-refractivity contribution in [3.63, 3.8) is 0 Å². The Morgan fingerprint density at radius 2 is 0.727 bits per heavy atom. The van der Waals surface area contributed by atoms with Crippen LogP contribution in [0.4, 0.5) is 0 Å². The SMILES string of the molecule is CC(C)(C)c1cc(C=N[C@H]([C@@H](N=Cc2cc(C(C)(C)C)cc(C(C)(C)C)c2O)C(C)(C)C)C(C)(C)C)c(O)c(C(C)(C)C)c1. The van der Waals surface area contributed by atoms with Gasteiger partial charge in [0.25, 0.3) is 0 Å². The van der Waals surface area contributed by atoms with Crippen molar-refractivity contribution in [1.82, 2.24) is 0 Å².